The van der Waals surface area contributed by atoms with Crippen molar-refractivity contribution < 1.29 is 23.8 Å². The Hall–Kier alpha value is -3.46. The predicted octanol–water partition coefficient (Wildman–Crippen LogP) is 2.53. The Labute approximate surface area is 160 Å². The standard InChI is InChI=1S/C19H20N4O5/c1-10-15(12(3)24)11(2)20-16(10)18(26)27-9-14(25)21-19-23-22-17(28-19)13-7-5-4-6-8-13/h4-8,12,20,24H,9H2,1-3H3,(H,21,23,25)/t12-/m1/s1. The van der Waals surface area contributed by atoms with Crippen molar-refractivity contribution in [3.63, 3.8) is 0 Å². The largest absolute Gasteiger partial charge is 0.451 e. The highest BCUT2D eigenvalue weighted by Gasteiger charge is 2.22. The first-order valence-electron chi connectivity index (χ1n) is 8.59. The fraction of sp³-hybridized carbons (Fsp3) is 0.263. The molecule has 146 valence electrons. The number of amides is 1. The SMILES string of the molecule is Cc1[nH]c(C(=O)OCC(=O)Nc2nnc(-c3ccccc3)o2)c(C)c1[C@@H](C)O. The molecule has 0 bridgehead atoms. The normalized spacial score (nSPS) is 11.9. The molecule has 0 aliphatic carbocycles. The van der Waals surface area contributed by atoms with Crippen molar-refractivity contribution in [3.8, 4) is 11.5 Å². The maximum absolute atomic E-state index is 12.2. The van der Waals surface area contributed by atoms with Crippen molar-refractivity contribution in [3.05, 3.63) is 52.8 Å². The van der Waals surface area contributed by atoms with Gasteiger partial charge in [0, 0.05) is 16.8 Å². The maximum Gasteiger partial charge on any atom is 0.355 e. The number of aromatic nitrogens is 3. The second-order valence-corrected chi connectivity index (χ2v) is 6.24. The molecule has 3 aromatic rings. The third kappa shape index (κ3) is 4.09. The van der Waals surface area contributed by atoms with Gasteiger partial charge in [0.25, 0.3) is 5.91 Å². The Morgan fingerprint density at radius 2 is 1.96 bits per heavy atom. The molecular formula is C19H20N4O5. The van der Waals surface area contributed by atoms with E-state index in [0.717, 1.165) is 0 Å². The molecule has 3 rings (SSSR count). The zero-order valence-electron chi connectivity index (χ0n) is 15.6. The Kier molecular flexibility index (Phi) is 5.55. The highest BCUT2D eigenvalue weighted by molar-refractivity contribution is 5.94. The number of H-pyrrole nitrogens is 1. The van der Waals surface area contributed by atoms with Gasteiger partial charge in [0.15, 0.2) is 6.61 Å². The van der Waals surface area contributed by atoms with E-state index in [4.69, 9.17) is 9.15 Å². The summed E-state index contributed by atoms with van der Waals surface area (Å²) in [4.78, 5) is 27.1. The van der Waals surface area contributed by atoms with Gasteiger partial charge in [-0.1, -0.05) is 23.3 Å². The van der Waals surface area contributed by atoms with Crippen LogP contribution in [0.25, 0.3) is 11.5 Å². The van der Waals surface area contributed by atoms with Crippen molar-refractivity contribution >= 4 is 17.9 Å². The van der Waals surface area contributed by atoms with E-state index in [1.54, 1.807) is 32.9 Å². The average molecular weight is 384 g/mol. The van der Waals surface area contributed by atoms with Crippen molar-refractivity contribution in [2.45, 2.75) is 26.9 Å². The summed E-state index contributed by atoms with van der Waals surface area (Å²) in [7, 11) is 0. The molecule has 0 aliphatic heterocycles. The Bertz CT molecular complexity index is 991. The number of benzene rings is 1. The van der Waals surface area contributed by atoms with Gasteiger partial charge in [-0.3, -0.25) is 10.1 Å². The molecule has 1 amide bonds. The average Bonchev–Trinajstić information content (AvgIpc) is 3.24. The number of ether oxygens (including phenoxy) is 1. The molecule has 0 spiro atoms. The number of rotatable bonds is 6. The Balaban J connectivity index is 1.58. The first kappa shape index (κ1) is 19.3. The number of hydrogen-bond donors (Lipinski definition) is 3. The predicted molar refractivity (Wildman–Crippen MR) is 99.5 cm³/mol. The van der Waals surface area contributed by atoms with E-state index in [1.807, 2.05) is 18.2 Å². The summed E-state index contributed by atoms with van der Waals surface area (Å²) < 4.78 is 10.4. The lowest BCUT2D eigenvalue weighted by atomic mass is 10.1. The second-order valence-electron chi connectivity index (χ2n) is 6.24. The second kappa shape index (κ2) is 8.05. The van der Waals surface area contributed by atoms with E-state index in [1.165, 1.54) is 0 Å². The molecule has 3 N–H and O–H groups in total. The summed E-state index contributed by atoms with van der Waals surface area (Å²) in [5, 5.41) is 19.8. The van der Waals surface area contributed by atoms with Gasteiger partial charge < -0.3 is 19.2 Å². The van der Waals surface area contributed by atoms with Crippen LogP contribution >= 0.6 is 0 Å². The quantitative estimate of drug-likeness (QED) is 0.557. The Morgan fingerprint density at radius 1 is 1.25 bits per heavy atom. The van der Waals surface area contributed by atoms with Crippen molar-refractivity contribution in [2.75, 3.05) is 11.9 Å². The van der Waals surface area contributed by atoms with Crippen LogP contribution in [-0.2, 0) is 9.53 Å². The van der Waals surface area contributed by atoms with Crippen LogP contribution in [0.2, 0.25) is 0 Å². The molecule has 28 heavy (non-hydrogen) atoms. The highest BCUT2D eigenvalue weighted by Crippen LogP contribution is 2.25. The van der Waals surface area contributed by atoms with Gasteiger partial charge >= 0.3 is 12.0 Å². The van der Waals surface area contributed by atoms with Crippen LogP contribution < -0.4 is 5.32 Å². The number of carbonyl (C=O) groups is 2. The first-order chi connectivity index (χ1) is 13.4. The number of aromatic amines is 1. The molecule has 2 aromatic heterocycles. The highest BCUT2D eigenvalue weighted by atomic mass is 16.5. The molecule has 0 saturated carbocycles. The summed E-state index contributed by atoms with van der Waals surface area (Å²) in [6.07, 6.45) is -0.725. The number of anilines is 1. The molecule has 0 fully saturated rings. The van der Waals surface area contributed by atoms with Crippen LogP contribution in [0.1, 0.15) is 40.3 Å². The van der Waals surface area contributed by atoms with Gasteiger partial charge in [-0.2, -0.15) is 0 Å². The van der Waals surface area contributed by atoms with Gasteiger partial charge in [-0.15, -0.1) is 5.10 Å². The first-order valence-corrected chi connectivity index (χ1v) is 8.59. The van der Waals surface area contributed by atoms with Crippen molar-refractivity contribution in [1.82, 2.24) is 15.2 Å². The summed E-state index contributed by atoms with van der Waals surface area (Å²) in [6.45, 7) is 4.54. The van der Waals surface area contributed by atoms with E-state index in [0.29, 0.717) is 22.4 Å². The number of nitrogens with zero attached hydrogens (tertiary/aromatic N) is 2. The topological polar surface area (TPSA) is 130 Å². The minimum Gasteiger partial charge on any atom is -0.451 e. The zero-order chi connectivity index (χ0) is 20.3. The minimum atomic E-state index is -0.725. The molecule has 2 heterocycles. The number of carbonyl (C=O) groups excluding carboxylic acids is 2. The van der Waals surface area contributed by atoms with Crippen LogP contribution in [0.3, 0.4) is 0 Å². The molecule has 1 aromatic carbocycles. The van der Waals surface area contributed by atoms with Crippen LogP contribution in [0.4, 0.5) is 6.01 Å². The number of aryl methyl sites for hydroxylation is 1. The van der Waals surface area contributed by atoms with E-state index in [2.05, 4.69) is 20.5 Å². The van der Waals surface area contributed by atoms with Crippen LogP contribution in [0, 0.1) is 13.8 Å². The maximum atomic E-state index is 12.2. The fourth-order valence-corrected chi connectivity index (χ4v) is 2.93. The van der Waals surface area contributed by atoms with Gasteiger partial charge in [-0.05, 0) is 38.5 Å². The summed E-state index contributed by atoms with van der Waals surface area (Å²) in [5.41, 5.74) is 2.81. The van der Waals surface area contributed by atoms with Gasteiger partial charge in [0.2, 0.25) is 5.89 Å². The zero-order valence-corrected chi connectivity index (χ0v) is 15.6. The number of aliphatic hydroxyl groups excluding tert-OH is 1. The Morgan fingerprint density at radius 3 is 2.61 bits per heavy atom. The lowest BCUT2D eigenvalue weighted by Gasteiger charge is -2.06. The lowest BCUT2D eigenvalue weighted by Crippen LogP contribution is -2.21. The molecule has 0 radical (unpaired) electrons. The summed E-state index contributed by atoms with van der Waals surface area (Å²) in [5.74, 6) is -1.05. The molecule has 9 nitrogen and oxygen atoms in total. The number of aliphatic hydroxyl groups is 1. The third-order valence-corrected chi connectivity index (χ3v) is 4.14. The number of esters is 1. The number of hydrogen-bond acceptors (Lipinski definition) is 7. The minimum absolute atomic E-state index is 0.0943. The van der Waals surface area contributed by atoms with E-state index in [9.17, 15) is 14.7 Å². The van der Waals surface area contributed by atoms with E-state index >= 15 is 0 Å². The van der Waals surface area contributed by atoms with Crippen LogP contribution in [0.5, 0.6) is 0 Å². The van der Waals surface area contributed by atoms with Crippen molar-refractivity contribution in [2.24, 2.45) is 0 Å². The molecule has 0 unspecified atom stereocenters. The molecule has 9 heteroatoms. The summed E-state index contributed by atoms with van der Waals surface area (Å²) in [6, 6.07) is 9.00. The van der Waals surface area contributed by atoms with Crippen LogP contribution in [0.15, 0.2) is 34.7 Å². The third-order valence-electron chi connectivity index (χ3n) is 4.14. The van der Waals surface area contributed by atoms with Crippen molar-refractivity contribution in [1.29, 1.82) is 0 Å². The van der Waals surface area contributed by atoms with E-state index < -0.39 is 24.6 Å². The lowest BCUT2D eigenvalue weighted by molar-refractivity contribution is -0.119. The molecule has 0 saturated heterocycles. The number of nitrogens with one attached hydrogen (secondary N) is 2. The smallest absolute Gasteiger partial charge is 0.355 e. The monoisotopic (exact) mass is 384 g/mol. The van der Waals surface area contributed by atoms with Gasteiger partial charge in [0.1, 0.15) is 5.69 Å². The molecule has 0 aliphatic rings. The van der Waals surface area contributed by atoms with Gasteiger partial charge in [-0.25, -0.2) is 4.79 Å². The fourth-order valence-electron chi connectivity index (χ4n) is 2.93. The van der Waals surface area contributed by atoms with E-state index in [-0.39, 0.29) is 17.6 Å². The van der Waals surface area contributed by atoms with Gasteiger partial charge in [0.05, 0.1) is 6.10 Å². The van der Waals surface area contributed by atoms with Crippen LogP contribution in [-0.4, -0.2) is 38.8 Å². The molecular weight excluding hydrogens is 364 g/mol. The molecule has 1 atom stereocenters. The summed E-state index contributed by atoms with van der Waals surface area (Å²) >= 11 is 0.